The van der Waals surface area contributed by atoms with E-state index in [0.717, 1.165) is 13.1 Å². The molecule has 0 radical (unpaired) electrons. The minimum Gasteiger partial charge on any atom is -0.357 e. The highest BCUT2D eigenvalue weighted by molar-refractivity contribution is 4.29. The second kappa shape index (κ2) is 11.8. The number of quaternary nitrogens is 4. The Bertz CT molecular complexity index is 77.7. The van der Waals surface area contributed by atoms with Gasteiger partial charge in [0.1, 0.15) is 0 Å². The van der Waals surface area contributed by atoms with Crippen molar-refractivity contribution in [2.24, 2.45) is 0 Å². The van der Waals surface area contributed by atoms with Crippen molar-refractivity contribution in [2.45, 2.75) is 19.3 Å². The van der Waals surface area contributed by atoms with E-state index < -0.39 is 0 Å². The van der Waals surface area contributed by atoms with Crippen molar-refractivity contribution in [3.05, 3.63) is 0 Å². The first kappa shape index (κ1) is 12.8. The summed E-state index contributed by atoms with van der Waals surface area (Å²) < 4.78 is 0. The van der Waals surface area contributed by atoms with Crippen LogP contribution in [0.15, 0.2) is 0 Å². The molecule has 0 aliphatic heterocycles. The summed E-state index contributed by atoms with van der Waals surface area (Å²) in [7, 11) is 0. The van der Waals surface area contributed by atoms with Crippen LogP contribution in [0.25, 0.3) is 0 Å². The Morgan fingerprint density at radius 2 is 1.00 bits per heavy atom. The van der Waals surface area contributed by atoms with E-state index >= 15 is 0 Å². The molecular weight excluding hydrogens is 164 g/mol. The van der Waals surface area contributed by atoms with E-state index in [1.807, 2.05) is 0 Å². The fourth-order valence-corrected chi connectivity index (χ4v) is 1.27. The summed E-state index contributed by atoms with van der Waals surface area (Å²) >= 11 is 0. The van der Waals surface area contributed by atoms with Gasteiger partial charge in [0.15, 0.2) is 0 Å². The zero-order valence-corrected chi connectivity index (χ0v) is 8.93. The topological polar surface area (TPSA) is 88.5 Å². The molecule has 0 rings (SSSR count). The van der Waals surface area contributed by atoms with Crippen LogP contribution < -0.4 is 22.1 Å². The van der Waals surface area contributed by atoms with Crippen molar-refractivity contribution in [3.63, 3.8) is 0 Å². The molecule has 0 saturated carbocycles. The summed E-state index contributed by atoms with van der Waals surface area (Å²) in [6.07, 6.45) is 3.84. The maximum absolute atomic E-state index is 3.82. The van der Waals surface area contributed by atoms with Crippen LogP contribution >= 0.6 is 0 Å². The van der Waals surface area contributed by atoms with Gasteiger partial charge in [0.25, 0.3) is 0 Å². The van der Waals surface area contributed by atoms with Crippen LogP contribution in [0.2, 0.25) is 0 Å². The standard InChI is InChI=1S/C9H24N4/c10-4-1-6-12-8-3-9-13-7-2-5-11/h12-13H,1-11H2/p+4. The summed E-state index contributed by atoms with van der Waals surface area (Å²) in [5.41, 5.74) is 7.64. The van der Waals surface area contributed by atoms with Crippen LogP contribution in [-0.2, 0) is 0 Å². The molecule has 0 aromatic carbocycles. The zero-order chi connectivity index (χ0) is 9.78. The van der Waals surface area contributed by atoms with Crippen LogP contribution in [0.4, 0.5) is 0 Å². The molecule has 10 N–H and O–H groups in total. The summed E-state index contributed by atoms with van der Waals surface area (Å²) in [5.74, 6) is 0. The van der Waals surface area contributed by atoms with E-state index in [9.17, 15) is 0 Å². The van der Waals surface area contributed by atoms with Crippen LogP contribution in [0, 0.1) is 0 Å². The second-order valence-corrected chi connectivity index (χ2v) is 3.50. The lowest BCUT2D eigenvalue weighted by molar-refractivity contribution is -0.682. The maximum atomic E-state index is 3.82. The molecule has 0 atom stereocenters. The predicted molar refractivity (Wildman–Crippen MR) is 52.7 cm³/mol. The first-order valence-corrected chi connectivity index (χ1v) is 5.63. The van der Waals surface area contributed by atoms with Crippen molar-refractivity contribution < 1.29 is 22.1 Å². The number of hydrogen-bond acceptors (Lipinski definition) is 0. The summed E-state index contributed by atoms with van der Waals surface area (Å²) in [4.78, 5) is 0. The van der Waals surface area contributed by atoms with E-state index in [0.29, 0.717) is 0 Å². The first-order chi connectivity index (χ1) is 6.41. The third-order valence-corrected chi connectivity index (χ3v) is 2.13. The van der Waals surface area contributed by atoms with Crippen molar-refractivity contribution in [2.75, 3.05) is 39.3 Å². The van der Waals surface area contributed by atoms with Gasteiger partial charge in [0.2, 0.25) is 0 Å². The van der Waals surface area contributed by atoms with Crippen molar-refractivity contribution in [1.29, 1.82) is 0 Å². The van der Waals surface area contributed by atoms with Crippen LogP contribution in [0.1, 0.15) is 19.3 Å². The molecule has 0 aromatic rings. The highest BCUT2D eigenvalue weighted by Crippen LogP contribution is 1.64. The lowest BCUT2D eigenvalue weighted by Gasteiger charge is -2.00. The molecule has 0 heterocycles. The SMILES string of the molecule is [NH3+]CCC[NH2+]CCC[NH2+]CCC[NH3+]. The Labute approximate surface area is 81.4 Å². The minimum atomic E-state index is 1.08. The number of nitrogens with two attached hydrogens (primary N) is 2. The predicted octanol–water partition coefficient (Wildman–Crippen LogP) is -4.23. The maximum Gasteiger partial charge on any atom is 0.0809 e. The zero-order valence-electron chi connectivity index (χ0n) is 8.93. The van der Waals surface area contributed by atoms with Gasteiger partial charge in [-0.2, -0.15) is 0 Å². The quantitative estimate of drug-likeness (QED) is 0.253. The highest BCUT2D eigenvalue weighted by Gasteiger charge is 1.94. The molecule has 0 aliphatic rings. The van der Waals surface area contributed by atoms with Gasteiger partial charge < -0.3 is 22.1 Å². The molecule has 0 fully saturated rings. The Hall–Kier alpha value is -0.160. The van der Waals surface area contributed by atoms with E-state index in [1.165, 1.54) is 45.4 Å². The van der Waals surface area contributed by atoms with Gasteiger partial charge in [-0.3, -0.25) is 0 Å². The molecule has 0 bridgehead atoms. The van der Waals surface area contributed by atoms with E-state index in [4.69, 9.17) is 0 Å². The molecule has 0 saturated heterocycles. The molecule has 13 heavy (non-hydrogen) atoms. The fourth-order valence-electron chi connectivity index (χ4n) is 1.27. The van der Waals surface area contributed by atoms with Gasteiger partial charge in [-0.15, -0.1) is 0 Å². The lowest BCUT2D eigenvalue weighted by Crippen LogP contribution is -2.88. The van der Waals surface area contributed by atoms with Gasteiger partial charge >= 0.3 is 0 Å². The Morgan fingerprint density at radius 3 is 1.38 bits per heavy atom. The molecule has 4 nitrogen and oxygen atoms in total. The summed E-state index contributed by atoms with van der Waals surface area (Å²) in [6, 6.07) is 0. The Kier molecular flexibility index (Phi) is 11.7. The molecule has 0 unspecified atom stereocenters. The molecule has 0 aliphatic carbocycles. The molecule has 0 aromatic heterocycles. The molecule has 0 spiro atoms. The van der Waals surface area contributed by atoms with E-state index in [2.05, 4.69) is 22.1 Å². The Balaban J connectivity index is 2.76. The summed E-state index contributed by atoms with van der Waals surface area (Å²) in [6.45, 7) is 7.21. The average Bonchev–Trinajstić information content (AvgIpc) is 2.16. The van der Waals surface area contributed by atoms with E-state index in [1.54, 1.807) is 0 Å². The van der Waals surface area contributed by atoms with Gasteiger partial charge in [-0.05, 0) is 0 Å². The monoisotopic (exact) mass is 192 g/mol. The van der Waals surface area contributed by atoms with Crippen molar-refractivity contribution >= 4 is 0 Å². The third kappa shape index (κ3) is 11.8. The number of rotatable bonds is 10. The second-order valence-electron chi connectivity index (χ2n) is 3.50. The van der Waals surface area contributed by atoms with Gasteiger partial charge in [0.05, 0.1) is 39.3 Å². The van der Waals surface area contributed by atoms with Crippen LogP contribution in [0.3, 0.4) is 0 Å². The Morgan fingerprint density at radius 1 is 0.615 bits per heavy atom. The van der Waals surface area contributed by atoms with Crippen LogP contribution in [0.5, 0.6) is 0 Å². The smallest absolute Gasteiger partial charge is 0.0809 e. The van der Waals surface area contributed by atoms with Gasteiger partial charge in [0, 0.05) is 19.3 Å². The average molecular weight is 192 g/mol. The minimum absolute atomic E-state index is 1.08. The van der Waals surface area contributed by atoms with Crippen LogP contribution in [-0.4, -0.2) is 39.3 Å². The largest absolute Gasteiger partial charge is 0.357 e. The normalized spacial score (nSPS) is 10.6. The van der Waals surface area contributed by atoms with Gasteiger partial charge in [-0.25, -0.2) is 0 Å². The van der Waals surface area contributed by atoms with Crippen molar-refractivity contribution in [1.82, 2.24) is 0 Å². The number of hydrogen-bond donors (Lipinski definition) is 4. The molecule has 0 amide bonds. The summed E-state index contributed by atoms with van der Waals surface area (Å²) in [5, 5.41) is 4.81. The fraction of sp³-hybridized carbons (Fsp3) is 1.00. The highest BCUT2D eigenvalue weighted by atomic mass is 14.9. The molecular formula is C9H28N4+4. The van der Waals surface area contributed by atoms with E-state index in [-0.39, 0.29) is 0 Å². The van der Waals surface area contributed by atoms with Gasteiger partial charge in [-0.1, -0.05) is 0 Å². The lowest BCUT2D eigenvalue weighted by atomic mass is 10.3. The van der Waals surface area contributed by atoms with Crippen molar-refractivity contribution in [3.8, 4) is 0 Å². The third-order valence-electron chi connectivity index (χ3n) is 2.13. The molecule has 80 valence electrons. The molecule has 4 heteroatoms. The first-order valence-electron chi connectivity index (χ1n) is 5.63.